The van der Waals surface area contributed by atoms with Gasteiger partial charge in [-0.1, -0.05) is 18.6 Å². The van der Waals surface area contributed by atoms with Crippen LogP contribution in [0, 0.1) is 5.41 Å². The summed E-state index contributed by atoms with van der Waals surface area (Å²) < 4.78 is 11.2. The van der Waals surface area contributed by atoms with Crippen molar-refractivity contribution in [2.75, 3.05) is 46.5 Å². The van der Waals surface area contributed by atoms with Crippen LogP contribution < -0.4 is 9.47 Å². The van der Waals surface area contributed by atoms with Crippen molar-refractivity contribution < 1.29 is 24.2 Å². The molecule has 1 fully saturated rings. The first-order chi connectivity index (χ1) is 16.5. The van der Waals surface area contributed by atoms with Gasteiger partial charge in [-0.25, -0.2) is 0 Å². The maximum atomic E-state index is 13.3. The topological polar surface area (TPSA) is 79.3 Å². The van der Waals surface area contributed by atoms with E-state index in [1.807, 2.05) is 28.0 Å². The molecule has 1 saturated heterocycles. The Morgan fingerprint density at radius 1 is 1.00 bits per heavy atom. The Hall–Kier alpha value is -3.06. The fourth-order valence-corrected chi connectivity index (χ4v) is 4.91. The Kier molecular flexibility index (Phi) is 7.73. The molecule has 3 heterocycles. The zero-order valence-corrected chi connectivity index (χ0v) is 19.9. The van der Waals surface area contributed by atoms with Crippen molar-refractivity contribution in [3.8, 4) is 11.5 Å². The van der Waals surface area contributed by atoms with Crippen molar-refractivity contribution >= 4 is 11.8 Å². The highest BCUT2D eigenvalue weighted by atomic mass is 16.5. The molecule has 0 radical (unpaired) electrons. The minimum atomic E-state index is -0.155. The third-order valence-corrected chi connectivity index (χ3v) is 7.19. The summed E-state index contributed by atoms with van der Waals surface area (Å²) in [4.78, 5) is 30.2. The smallest absolute Gasteiger partial charge is 0.257 e. The average Bonchev–Trinajstić information content (AvgIpc) is 2.90. The Morgan fingerprint density at radius 2 is 1.74 bits per heavy atom. The predicted molar refractivity (Wildman–Crippen MR) is 129 cm³/mol. The number of rotatable bonds is 3. The SMILES string of the molecule is COc1ccc(C(=O)N2CCCCC3(CO)CCN(CC3)C(=O)c3ccccc3OCC2)cc1. The van der Waals surface area contributed by atoms with Crippen LogP contribution in [0.5, 0.6) is 11.5 Å². The molecule has 3 aliphatic rings. The number of nitrogens with zero attached hydrogens (tertiary/aromatic N) is 2. The zero-order chi connectivity index (χ0) is 24.0. The fraction of sp³-hybridized carbons (Fsp3) is 0.481. The number of aliphatic hydroxyl groups excluding tert-OH is 1. The summed E-state index contributed by atoms with van der Waals surface area (Å²) in [6, 6.07) is 14.4. The molecule has 7 nitrogen and oxygen atoms in total. The van der Waals surface area contributed by atoms with E-state index in [4.69, 9.17) is 9.47 Å². The van der Waals surface area contributed by atoms with E-state index in [0.29, 0.717) is 55.4 Å². The highest BCUT2D eigenvalue weighted by Gasteiger charge is 2.36. The monoisotopic (exact) mass is 466 g/mol. The van der Waals surface area contributed by atoms with Crippen molar-refractivity contribution in [2.24, 2.45) is 5.41 Å². The second-order valence-electron chi connectivity index (χ2n) is 9.27. The molecule has 182 valence electrons. The molecule has 34 heavy (non-hydrogen) atoms. The van der Waals surface area contributed by atoms with Gasteiger partial charge >= 0.3 is 0 Å². The average molecular weight is 467 g/mol. The van der Waals surface area contributed by atoms with E-state index in [-0.39, 0.29) is 23.8 Å². The third-order valence-electron chi connectivity index (χ3n) is 7.19. The lowest BCUT2D eigenvalue weighted by Crippen LogP contribution is -2.44. The lowest BCUT2D eigenvalue weighted by molar-refractivity contribution is 0.0297. The summed E-state index contributed by atoms with van der Waals surface area (Å²) in [5.41, 5.74) is 0.993. The quantitative estimate of drug-likeness (QED) is 0.748. The van der Waals surface area contributed by atoms with E-state index in [1.54, 1.807) is 37.4 Å². The van der Waals surface area contributed by atoms with Gasteiger partial charge in [-0.3, -0.25) is 9.59 Å². The molecule has 0 saturated carbocycles. The first-order valence-corrected chi connectivity index (χ1v) is 12.1. The van der Waals surface area contributed by atoms with Gasteiger partial charge in [0.05, 0.1) is 19.2 Å². The molecule has 5 rings (SSSR count). The zero-order valence-electron chi connectivity index (χ0n) is 19.9. The summed E-state index contributed by atoms with van der Waals surface area (Å²) in [7, 11) is 1.60. The molecule has 0 aromatic heterocycles. The van der Waals surface area contributed by atoms with Gasteiger partial charge in [0.1, 0.15) is 18.1 Å². The number of carbonyl (C=O) groups excluding carboxylic acids is 2. The van der Waals surface area contributed by atoms with Crippen LogP contribution in [-0.2, 0) is 0 Å². The molecule has 3 aliphatic heterocycles. The number of piperidine rings is 1. The van der Waals surface area contributed by atoms with Gasteiger partial charge in [-0.2, -0.15) is 0 Å². The number of hydrogen-bond donors (Lipinski definition) is 1. The number of aliphatic hydroxyl groups is 1. The first kappa shape index (κ1) is 24.1. The van der Waals surface area contributed by atoms with Crippen molar-refractivity contribution in [1.82, 2.24) is 9.80 Å². The van der Waals surface area contributed by atoms with Gasteiger partial charge in [-0.15, -0.1) is 0 Å². The molecular formula is C27H34N2O5. The number of ether oxygens (including phenoxy) is 2. The third kappa shape index (κ3) is 5.36. The molecule has 0 spiro atoms. The van der Waals surface area contributed by atoms with Crippen LogP contribution in [0.4, 0.5) is 0 Å². The summed E-state index contributed by atoms with van der Waals surface area (Å²) >= 11 is 0. The van der Waals surface area contributed by atoms with Crippen LogP contribution in [0.25, 0.3) is 0 Å². The Balaban J connectivity index is 1.56. The van der Waals surface area contributed by atoms with E-state index in [9.17, 15) is 14.7 Å². The molecule has 2 aromatic rings. The first-order valence-electron chi connectivity index (χ1n) is 12.1. The van der Waals surface area contributed by atoms with Gasteiger partial charge in [0, 0.05) is 31.8 Å². The molecule has 0 atom stereocenters. The van der Waals surface area contributed by atoms with Gasteiger partial charge in [0.2, 0.25) is 0 Å². The van der Waals surface area contributed by atoms with Crippen molar-refractivity contribution in [3.05, 3.63) is 59.7 Å². The molecule has 7 heteroatoms. The molecule has 2 amide bonds. The highest BCUT2D eigenvalue weighted by molar-refractivity contribution is 5.97. The number of hydrogen-bond acceptors (Lipinski definition) is 5. The van der Waals surface area contributed by atoms with Gasteiger partial charge in [-0.05, 0) is 67.5 Å². The molecule has 2 bridgehead atoms. The number of benzene rings is 2. The Bertz CT molecular complexity index is 983. The Morgan fingerprint density at radius 3 is 2.44 bits per heavy atom. The van der Waals surface area contributed by atoms with E-state index in [1.165, 1.54) is 0 Å². The number of para-hydroxylation sites is 1. The molecule has 0 unspecified atom stereocenters. The van der Waals surface area contributed by atoms with Gasteiger partial charge in [0.25, 0.3) is 11.8 Å². The maximum absolute atomic E-state index is 13.3. The largest absolute Gasteiger partial charge is 0.497 e. The standard InChI is InChI=1S/C27H34N2O5/c1-33-22-10-8-21(9-11-22)25(31)28-15-5-4-12-27(20-30)13-16-29(17-14-27)26(32)23-6-2-3-7-24(23)34-19-18-28/h2-3,6-11,30H,4-5,12-20H2,1H3. The number of amides is 2. The van der Waals surface area contributed by atoms with E-state index >= 15 is 0 Å². The van der Waals surface area contributed by atoms with Crippen LogP contribution in [0.3, 0.4) is 0 Å². The lowest BCUT2D eigenvalue weighted by Gasteiger charge is -2.41. The fourth-order valence-electron chi connectivity index (χ4n) is 4.91. The van der Waals surface area contributed by atoms with Crippen LogP contribution in [-0.4, -0.2) is 73.2 Å². The summed E-state index contributed by atoms with van der Waals surface area (Å²) in [5, 5.41) is 10.2. The lowest BCUT2D eigenvalue weighted by atomic mass is 9.75. The second kappa shape index (κ2) is 10.9. The van der Waals surface area contributed by atoms with Gasteiger partial charge < -0.3 is 24.4 Å². The summed E-state index contributed by atoms with van der Waals surface area (Å²) in [6.45, 7) is 2.73. The van der Waals surface area contributed by atoms with E-state index in [0.717, 1.165) is 32.1 Å². The van der Waals surface area contributed by atoms with Crippen molar-refractivity contribution in [1.29, 1.82) is 0 Å². The Labute approximate surface area is 201 Å². The number of methoxy groups -OCH3 is 1. The summed E-state index contributed by atoms with van der Waals surface area (Å²) in [5.74, 6) is 1.16. The van der Waals surface area contributed by atoms with Crippen molar-refractivity contribution in [2.45, 2.75) is 32.1 Å². The normalized spacial score (nSPS) is 18.9. The van der Waals surface area contributed by atoms with E-state index < -0.39 is 0 Å². The molecule has 2 aromatic carbocycles. The van der Waals surface area contributed by atoms with Crippen LogP contribution in [0.15, 0.2) is 48.5 Å². The van der Waals surface area contributed by atoms with Gasteiger partial charge in [0.15, 0.2) is 0 Å². The minimum absolute atomic E-state index is 0.0387. The number of carbonyl (C=O) groups is 2. The molecule has 1 N–H and O–H groups in total. The maximum Gasteiger partial charge on any atom is 0.257 e. The predicted octanol–water partition coefficient (Wildman–Crippen LogP) is 3.62. The van der Waals surface area contributed by atoms with E-state index in [2.05, 4.69) is 0 Å². The van der Waals surface area contributed by atoms with Crippen LogP contribution in [0.1, 0.15) is 52.8 Å². The number of fused-ring (bicyclic) bond motifs is 9. The highest BCUT2D eigenvalue weighted by Crippen LogP contribution is 2.37. The summed E-state index contributed by atoms with van der Waals surface area (Å²) in [6.07, 6.45) is 4.23. The molecular weight excluding hydrogens is 432 g/mol. The second-order valence-corrected chi connectivity index (χ2v) is 9.27. The molecule has 0 aliphatic carbocycles. The minimum Gasteiger partial charge on any atom is -0.497 e. The van der Waals surface area contributed by atoms with Crippen LogP contribution in [0.2, 0.25) is 0 Å². The van der Waals surface area contributed by atoms with Crippen molar-refractivity contribution in [3.63, 3.8) is 0 Å². The van der Waals surface area contributed by atoms with Crippen LogP contribution >= 0.6 is 0 Å².